The van der Waals surface area contributed by atoms with Crippen molar-refractivity contribution in [3.8, 4) is 0 Å². The van der Waals surface area contributed by atoms with Gasteiger partial charge in [-0.25, -0.2) is 4.79 Å². The first-order valence-electron chi connectivity index (χ1n) is 7.39. The molecule has 3 unspecified atom stereocenters. The standard InChI is InChI=1S/C17H22N2O3/c1-12(11-15(20)16-9-6-10-22-16)18-17(21)19-13(2)14-7-4-3-5-8-14/h3-10,12-13,15,20H,11H2,1-2H3,(H2,18,19,21). The molecule has 0 saturated carbocycles. The highest BCUT2D eigenvalue weighted by Crippen LogP contribution is 2.18. The number of amides is 2. The number of benzene rings is 1. The van der Waals surface area contributed by atoms with Crippen molar-refractivity contribution in [3.63, 3.8) is 0 Å². The van der Waals surface area contributed by atoms with Crippen LogP contribution in [-0.4, -0.2) is 17.2 Å². The number of aliphatic hydroxyl groups excluding tert-OH is 1. The maximum absolute atomic E-state index is 12.0. The van der Waals surface area contributed by atoms with Crippen molar-refractivity contribution in [2.75, 3.05) is 0 Å². The lowest BCUT2D eigenvalue weighted by molar-refractivity contribution is 0.129. The van der Waals surface area contributed by atoms with E-state index in [0.717, 1.165) is 5.56 Å². The number of carbonyl (C=O) groups excluding carboxylic acids is 1. The van der Waals surface area contributed by atoms with Crippen molar-refractivity contribution < 1.29 is 14.3 Å². The van der Waals surface area contributed by atoms with Gasteiger partial charge in [0.2, 0.25) is 0 Å². The zero-order valence-electron chi connectivity index (χ0n) is 12.8. The highest BCUT2D eigenvalue weighted by molar-refractivity contribution is 5.74. The van der Waals surface area contributed by atoms with E-state index >= 15 is 0 Å². The van der Waals surface area contributed by atoms with E-state index in [4.69, 9.17) is 4.42 Å². The van der Waals surface area contributed by atoms with E-state index in [1.165, 1.54) is 6.26 Å². The molecule has 22 heavy (non-hydrogen) atoms. The molecule has 0 fully saturated rings. The van der Waals surface area contributed by atoms with Gasteiger partial charge in [-0.1, -0.05) is 30.3 Å². The molecule has 118 valence electrons. The summed E-state index contributed by atoms with van der Waals surface area (Å²) in [5.41, 5.74) is 1.04. The number of rotatable bonds is 6. The molecule has 3 atom stereocenters. The summed E-state index contributed by atoms with van der Waals surface area (Å²) in [7, 11) is 0. The Morgan fingerprint density at radius 3 is 2.50 bits per heavy atom. The Bertz CT molecular complexity index is 569. The molecule has 0 saturated heterocycles. The predicted octanol–water partition coefficient (Wildman–Crippen LogP) is 3.15. The third kappa shape index (κ3) is 4.63. The van der Waals surface area contributed by atoms with Gasteiger partial charge in [0.05, 0.1) is 12.3 Å². The second kappa shape index (κ2) is 7.66. The fourth-order valence-electron chi connectivity index (χ4n) is 2.28. The van der Waals surface area contributed by atoms with Crippen LogP contribution in [0, 0.1) is 0 Å². The van der Waals surface area contributed by atoms with E-state index in [-0.39, 0.29) is 18.1 Å². The zero-order chi connectivity index (χ0) is 15.9. The van der Waals surface area contributed by atoms with Crippen molar-refractivity contribution in [3.05, 3.63) is 60.1 Å². The Morgan fingerprint density at radius 2 is 1.86 bits per heavy atom. The molecule has 5 nitrogen and oxygen atoms in total. The van der Waals surface area contributed by atoms with Gasteiger partial charge in [-0.15, -0.1) is 0 Å². The van der Waals surface area contributed by atoms with Crippen LogP contribution in [-0.2, 0) is 0 Å². The Labute approximate surface area is 130 Å². The van der Waals surface area contributed by atoms with Crippen LogP contribution in [0.2, 0.25) is 0 Å². The molecule has 5 heteroatoms. The maximum atomic E-state index is 12.0. The number of hydrogen-bond acceptors (Lipinski definition) is 3. The summed E-state index contributed by atoms with van der Waals surface area (Å²) in [5, 5.41) is 15.7. The lowest BCUT2D eigenvalue weighted by Gasteiger charge is -2.20. The largest absolute Gasteiger partial charge is 0.467 e. The minimum atomic E-state index is -0.725. The van der Waals surface area contributed by atoms with E-state index in [0.29, 0.717) is 12.2 Å². The fraction of sp³-hybridized carbons (Fsp3) is 0.353. The maximum Gasteiger partial charge on any atom is 0.315 e. The molecule has 0 aliphatic rings. The van der Waals surface area contributed by atoms with Crippen LogP contribution in [0.3, 0.4) is 0 Å². The quantitative estimate of drug-likeness (QED) is 0.767. The van der Waals surface area contributed by atoms with E-state index in [1.807, 2.05) is 44.2 Å². The summed E-state index contributed by atoms with van der Waals surface area (Å²) in [5.74, 6) is 0.506. The van der Waals surface area contributed by atoms with E-state index in [1.54, 1.807) is 12.1 Å². The summed E-state index contributed by atoms with van der Waals surface area (Å²) < 4.78 is 5.15. The molecule has 0 spiro atoms. The van der Waals surface area contributed by atoms with Crippen molar-refractivity contribution in [1.82, 2.24) is 10.6 Å². The topological polar surface area (TPSA) is 74.5 Å². The Morgan fingerprint density at radius 1 is 1.14 bits per heavy atom. The molecule has 0 aliphatic heterocycles. The fourth-order valence-corrected chi connectivity index (χ4v) is 2.28. The second-order valence-corrected chi connectivity index (χ2v) is 5.42. The van der Waals surface area contributed by atoms with Crippen LogP contribution < -0.4 is 10.6 Å². The number of nitrogens with one attached hydrogen (secondary N) is 2. The van der Waals surface area contributed by atoms with Crippen molar-refractivity contribution in [2.45, 2.75) is 38.5 Å². The molecule has 2 rings (SSSR count). The van der Waals surface area contributed by atoms with Gasteiger partial charge in [-0.3, -0.25) is 0 Å². The van der Waals surface area contributed by atoms with Crippen LogP contribution in [0.1, 0.15) is 43.7 Å². The van der Waals surface area contributed by atoms with E-state index < -0.39 is 6.10 Å². The molecule has 0 bridgehead atoms. The molecule has 1 aromatic carbocycles. The zero-order valence-corrected chi connectivity index (χ0v) is 12.8. The van der Waals surface area contributed by atoms with Gasteiger partial charge in [0, 0.05) is 12.5 Å². The number of urea groups is 1. The number of carbonyl (C=O) groups is 1. The summed E-state index contributed by atoms with van der Waals surface area (Å²) in [6.45, 7) is 3.77. The smallest absolute Gasteiger partial charge is 0.315 e. The second-order valence-electron chi connectivity index (χ2n) is 5.42. The number of furan rings is 1. The van der Waals surface area contributed by atoms with Gasteiger partial charge in [-0.05, 0) is 31.5 Å². The molecule has 1 heterocycles. The monoisotopic (exact) mass is 302 g/mol. The normalized spacial score (nSPS) is 14.9. The predicted molar refractivity (Wildman–Crippen MR) is 84.3 cm³/mol. The lowest BCUT2D eigenvalue weighted by Crippen LogP contribution is -2.42. The van der Waals surface area contributed by atoms with E-state index in [9.17, 15) is 9.90 Å². The van der Waals surface area contributed by atoms with Gasteiger partial charge in [0.15, 0.2) is 0 Å². The highest BCUT2D eigenvalue weighted by Gasteiger charge is 2.17. The third-order valence-electron chi connectivity index (χ3n) is 3.47. The van der Waals surface area contributed by atoms with Crippen molar-refractivity contribution in [1.29, 1.82) is 0 Å². The molecule has 2 aromatic rings. The van der Waals surface area contributed by atoms with Crippen LogP contribution in [0.15, 0.2) is 53.1 Å². The van der Waals surface area contributed by atoms with Crippen LogP contribution in [0.25, 0.3) is 0 Å². The summed E-state index contributed by atoms with van der Waals surface area (Å²) in [6.07, 6.45) is 1.18. The average Bonchev–Trinajstić information content (AvgIpc) is 3.02. The first-order chi connectivity index (χ1) is 10.6. The van der Waals surface area contributed by atoms with Gasteiger partial charge >= 0.3 is 6.03 Å². The molecule has 3 N–H and O–H groups in total. The number of aliphatic hydroxyl groups is 1. The lowest BCUT2D eigenvalue weighted by atomic mass is 10.1. The molecule has 1 aromatic heterocycles. The summed E-state index contributed by atoms with van der Waals surface area (Å²) in [4.78, 5) is 12.0. The molecule has 2 amide bonds. The Hall–Kier alpha value is -2.27. The van der Waals surface area contributed by atoms with Crippen molar-refractivity contribution >= 4 is 6.03 Å². The Balaban J connectivity index is 1.79. The van der Waals surface area contributed by atoms with Gasteiger partial charge in [0.25, 0.3) is 0 Å². The molecule has 0 radical (unpaired) electrons. The minimum absolute atomic E-state index is 0.0802. The highest BCUT2D eigenvalue weighted by atomic mass is 16.4. The summed E-state index contributed by atoms with van der Waals surface area (Å²) in [6, 6.07) is 12.7. The van der Waals surface area contributed by atoms with Crippen molar-refractivity contribution in [2.24, 2.45) is 0 Å². The SMILES string of the molecule is CC(CC(O)c1ccco1)NC(=O)NC(C)c1ccccc1. The number of hydrogen-bond donors (Lipinski definition) is 3. The first-order valence-corrected chi connectivity index (χ1v) is 7.39. The minimum Gasteiger partial charge on any atom is -0.467 e. The van der Waals surface area contributed by atoms with E-state index in [2.05, 4.69) is 10.6 Å². The van der Waals surface area contributed by atoms with Crippen LogP contribution in [0.5, 0.6) is 0 Å². The Kier molecular flexibility index (Phi) is 5.61. The molecular weight excluding hydrogens is 280 g/mol. The van der Waals surface area contributed by atoms with Gasteiger partial charge < -0.3 is 20.2 Å². The summed E-state index contributed by atoms with van der Waals surface area (Å²) >= 11 is 0. The molecular formula is C17H22N2O3. The van der Waals surface area contributed by atoms with Crippen LogP contribution in [0.4, 0.5) is 4.79 Å². The molecule has 0 aliphatic carbocycles. The first kappa shape index (κ1) is 16.1. The third-order valence-corrected chi connectivity index (χ3v) is 3.47. The van der Waals surface area contributed by atoms with Gasteiger partial charge in [-0.2, -0.15) is 0 Å². The van der Waals surface area contributed by atoms with Gasteiger partial charge in [0.1, 0.15) is 11.9 Å². The van der Waals surface area contributed by atoms with Crippen LogP contribution >= 0.6 is 0 Å². The average molecular weight is 302 g/mol.